The van der Waals surface area contributed by atoms with Gasteiger partial charge in [-0.15, -0.1) is 0 Å². The third-order valence-corrected chi connectivity index (χ3v) is 4.82. The molecule has 2 heterocycles. The van der Waals surface area contributed by atoms with E-state index in [-0.39, 0.29) is 30.4 Å². The highest BCUT2D eigenvalue weighted by atomic mass is 19.4. The summed E-state index contributed by atoms with van der Waals surface area (Å²) in [6.07, 6.45) is -5.14. The van der Waals surface area contributed by atoms with Gasteiger partial charge < -0.3 is 14.7 Å². The van der Waals surface area contributed by atoms with Gasteiger partial charge in [-0.2, -0.15) is 13.2 Å². The van der Waals surface area contributed by atoms with Crippen LogP contribution < -0.4 is 0 Å². The molecular formula is C17H20F3NO3. The summed E-state index contributed by atoms with van der Waals surface area (Å²) >= 11 is 0. The fourth-order valence-corrected chi connectivity index (χ4v) is 3.57. The lowest BCUT2D eigenvalue weighted by Crippen LogP contribution is -2.41. The zero-order valence-corrected chi connectivity index (χ0v) is 13.3. The van der Waals surface area contributed by atoms with Gasteiger partial charge in [-0.3, -0.25) is 4.79 Å². The van der Waals surface area contributed by atoms with E-state index in [1.54, 1.807) is 0 Å². The Kier molecular flexibility index (Phi) is 4.57. The van der Waals surface area contributed by atoms with Gasteiger partial charge in [-0.05, 0) is 30.4 Å². The van der Waals surface area contributed by atoms with Gasteiger partial charge in [0.2, 0.25) is 0 Å². The van der Waals surface area contributed by atoms with Crippen molar-refractivity contribution < 1.29 is 27.8 Å². The van der Waals surface area contributed by atoms with E-state index in [1.165, 1.54) is 23.1 Å². The Morgan fingerprint density at radius 2 is 2.04 bits per heavy atom. The van der Waals surface area contributed by atoms with E-state index in [4.69, 9.17) is 4.74 Å². The monoisotopic (exact) mass is 343 g/mol. The number of aliphatic hydroxyl groups excluding tert-OH is 1. The molecule has 1 aromatic carbocycles. The van der Waals surface area contributed by atoms with Gasteiger partial charge in [0.05, 0.1) is 17.7 Å². The number of likely N-dealkylation sites (tertiary alicyclic amines) is 1. The van der Waals surface area contributed by atoms with Gasteiger partial charge in [0.25, 0.3) is 5.91 Å². The number of amides is 1. The van der Waals surface area contributed by atoms with Crippen molar-refractivity contribution in [3.8, 4) is 0 Å². The summed E-state index contributed by atoms with van der Waals surface area (Å²) in [5.41, 5.74) is -0.733. The molecule has 0 spiro atoms. The Bertz CT molecular complexity index is 619. The van der Waals surface area contributed by atoms with Crippen molar-refractivity contribution in [3.05, 3.63) is 35.4 Å². The SMILES string of the molecule is C[C@@H]1CCO[C@@H]1C(=O)N1CC(O)CC1c1ccccc1C(F)(F)F. The Morgan fingerprint density at radius 3 is 2.67 bits per heavy atom. The first-order valence-electron chi connectivity index (χ1n) is 8.05. The molecule has 0 radical (unpaired) electrons. The van der Waals surface area contributed by atoms with E-state index in [0.717, 1.165) is 12.5 Å². The van der Waals surface area contributed by atoms with E-state index in [1.807, 2.05) is 6.92 Å². The molecule has 0 bridgehead atoms. The quantitative estimate of drug-likeness (QED) is 0.898. The normalized spacial score (nSPS) is 30.8. The Balaban J connectivity index is 1.93. The average molecular weight is 343 g/mol. The van der Waals surface area contributed by atoms with Crippen LogP contribution in [0.3, 0.4) is 0 Å². The second kappa shape index (κ2) is 6.37. The van der Waals surface area contributed by atoms with Crippen molar-refractivity contribution >= 4 is 5.91 Å². The smallest absolute Gasteiger partial charge is 0.391 e. The Morgan fingerprint density at radius 1 is 1.33 bits per heavy atom. The molecule has 24 heavy (non-hydrogen) atoms. The number of alkyl halides is 3. The molecule has 2 fully saturated rings. The zero-order chi connectivity index (χ0) is 17.5. The molecule has 4 nitrogen and oxygen atoms in total. The lowest BCUT2D eigenvalue weighted by molar-refractivity contribution is -0.145. The number of hydrogen-bond donors (Lipinski definition) is 1. The number of ether oxygens (including phenoxy) is 1. The molecular weight excluding hydrogens is 323 g/mol. The molecule has 1 amide bonds. The predicted molar refractivity (Wildman–Crippen MR) is 80.0 cm³/mol. The van der Waals surface area contributed by atoms with Crippen molar-refractivity contribution in [1.29, 1.82) is 0 Å². The van der Waals surface area contributed by atoms with Crippen LogP contribution in [-0.4, -0.2) is 41.3 Å². The van der Waals surface area contributed by atoms with Gasteiger partial charge >= 0.3 is 6.18 Å². The van der Waals surface area contributed by atoms with Crippen LogP contribution in [0.25, 0.3) is 0 Å². The van der Waals surface area contributed by atoms with Crippen LogP contribution in [0.5, 0.6) is 0 Å². The van der Waals surface area contributed by atoms with Crippen LogP contribution in [0.1, 0.15) is 36.9 Å². The minimum Gasteiger partial charge on any atom is -0.391 e. The zero-order valence-electron chi connectivity index (χ0n) is 13.3. The second-order valence-corrected chi connectivity index (χ2v) is 6.54. The molecule has 0 saturated carbocycles. The van der Waals surface area contributed by atoms with E-state index >= 15 is 0 Å². The first-order valence-corrected chi connectivity index (χ1v) is 8.05. The first-order chi connectivity index (χ1) is 11.3. The molecule has 0 aromatic heterocycles. The summed E-state index contributed by atoms with van der Waals surface area (Å²) in [4.78, 5) is 14.1. The van der Waals surface area contributed by atoms with Crippen molar-refractivity contribution in [3.63, 3.8) is 0 Å². The largest absolute Gasteiger partial charge is 0.416 e. The molecule has 7 heteroatoms. The van der Waals surface area contributed by atoms with E-state index in [2.05, 4.69) is 0 Å². The number of aliphatic hydroxyl groups is 1. The Hall–Kier alpha value is -1.60. The highest BCUT2D eigenvalue weighted by Crippen LogP contribution is 2.41. The van der Waals surface area contributed by atoms with Crippen LogP contribution in [0.4, 0.5) is 13.2 Å². The average Bonchev–Trinajstić information content (AvgIpc) is 3.11. The molecule has 3 rings (SSSR count). The first kappa shape index (κ1) is 17.2. The van der Waals surface area contributed by atoms with E-state index in [0.29, 0.717) is 6.61 Å². The van der Waals surface area contributed by atoms with Crippen molar-refractivity contribution in [2.45, 2.75) is 44.2 Å². The highest BCUT2D eigenvalue weighted by Gasteiger charge is 2.44. The molecule has 1 aromatic rings. The third-order valence-electron chi connectivity index (χ3n) is 4.82. The number of hydrogen-bond acceptors (Lipinski definition) is 3. The molecule has 2 saturated heterocycles. The Labute approximate surface area is 138 Å². The van der Waals surface area contributed by atoms with Gasteiger partial charge in [0, 0.05) is 13.2 Å². The van der Waals surface area contributed by atoms with Crippen LogP contribution in [0, 0.1) is 5.92 Å². The van der Waals surface area contributed by atoms with Gasteiger partial charge in [-0.25, -0.2) is 0 Å². The number of β-amino-alcohol motifs (C(OH)–C–C–N with tert-alkyl or cyclic N) is 1. The summed E-state index contributed by atoms with van der Waals surface area (Å²) in [6, 6.07) is 4.45. The fraction of sp³-hybridized carbons (Fsp3) is 0.588. The fourth-order valence-electron chi connectivity index (χ4n) is 3.57. The van der Waals surface area contributed by atoms with Gasteiger partial charge in [-0.1, -0.05) is 25.1 Å². The summed E-state index contributed by atoms with van der Waals surface area (Å²) < 4.78 is 45.4. The summed E-state index contributed by atoms with van der Waals surface area (Å²) in [6.45, 7) is 2.39. The highest BCUT2D eigenvalue weighted by molar-refractivity contribution is 5.82. The summed E-state index contributed by atoms with van der Waals surface area (Å²) in [5.74, 6) is -0.313. The van der Waals surface area contributed by atoms with Crippen LogP contribution in [0.2, 0.25) is 0 Å². The maximum Gasteiger partial charge on any atom is 0.416 e. The van der Waals surface area contributed by atoms with Crippen LogP contribution in [0.15, 0.2) is 24.3 Å². The number of nitrogens with zero attached hydrogens (tertiary/aromatic N) is 1. The number of rotatable bonds is 2. The molecule has 2 aliphatic heterocycles. The summed E-state index contributed by atoms with van der Waals surface area (Å²) in [5, 5.41) is 9.97. The maximum absolute atomic E-state index is 13.3. The van der Waals surface area contributed by atoms with E-state index in [9.17, 15) is 23.1 Å². The van der Waals surface area contributed by atoms with Crippen LogP contribution >= 0.6 is 0 Å². The minimum absolute atomic E-state index is 0.0220. The second-order valence-electron chi connectivity index (χ2n) is 6.54. The number of carbonyl (C=O) groups excluding carboxylic acids is 1. The van der Waals surface area contributed by atoms with Crippen molar-refractivity contribution in [2.75, 3.05) is 13.2 Å². The van der Waals surface area contributed by atoms with Crippen molar-refractivity contribution in [2.24, 2.45) is 5.92 Å². The molecule has 1 N–H and O–H groups in total. The number of halogens is 3. The lowest BCUT2D eigenvalue weighted by Gasteiger charge is -2.29. The van der Waals surface area contributed by atoms with Crippen molar-refractivity contribution in [1.82, 2.24) is 4.90 Å². The van der Waals surface area contributed by atoms with Gasteiger partial charge in [0.15, 0.2) is 0 Å². The number of carbonyl (C=O) groups is 1. The standard InChI is InChI=1S/C17H20F3NO3/c1-10-6-7-24-15(10)16(23)21-9-11(22)8-14(21)12-4-2-3-5-13(12)17(18,19)20/h2-5,10-11,14-15,22H,6-9H2,1H3/t10-,11?,14?,15+/m1/s1. The molecule has 2 aliphatic rings. The number of benzene rings is 1. The lowest BCUT2D eigenvalue weighted by atomic mass is 9.96. The predicted octanol–water partition coefficient (Wildman–Crippen LogP) is 2.76. The topological polar surface area (TPSA) is 49.8 Å². The van der Waals surface area contributed by atoms with Crippen LogP contribution in [-0.2, 0) is 15.7 Å². The molecule has 0 aliphatic carbocycles. The third kappa shape index (κ3) is 3.15. The van der Waals surface area contributed by atoms with E-state index < -0.39 is 30.0 Å². The van der Waals surface area contributed by atoms with Gasteiger partial charge in [0.1, 0.15) is 6.10 Å². The molecule has 132 valence electrons. The summed E-state index contributed by atoms with van der Waals surface area (Å²) in [7, 11) is 0. The minimum atomic E-state index is -4.50. The maximum atomic E-state index is 13.3. The molecule has 2 unspecified atom stereocenters. The molecule has 4 atom stereocenters.